The highest BCUT2D eigenvalue weighted by Crippen LogP contribution is 2.33. The first-order valence-corrected chi connectivity index (χ1v) is 22.3. The number of hydrogen-bond donors (Lipinski definition) is 2. The third-order valence-electron chi connectivity index (χ3n) is 11.5. The van der Waals surface area contributed by atoms with Crippen molar-refractivity contribution < 1.29 is 52.8 Å². The monoisotopic (exact) mass is 882 g/mol. The number of benzene rings is 6. The van der Waals surface area contributed by atoms with Crippen LogP contribution >= 0.6 is 0 Å². The van der Waals surface area contributed by atoms with Crippen molar-refractivity contribution in [2.75, 3.05) is 13.2 Å². The van der Waals surface area contributed by atoms with E-state index in [9.17, 15) is 10.2 Å². The van der Waals surface area contributed by atoms with Crippen LogP contribution in [0.2, 0.25) is 0 Å². The minimum absolute atomic E-state index is 0.0454. The SMILES string of the molecule is O[C@H]1[C@H](OCc2ccccc2)[C@@H](OCc2ccccc2)[C@H](OC[C@H]2O[C@H](O)[C@@H](OCc3ccccc3)[C@@H](OCc3ccccc3)[C@@H]2OCc2ccccc2)O[C@@H]1COCc1ccccc1. The molecular formula is C54H58O11. The zero-order chi connectivity index (χ0) is 44.5. The van der Waals surface area contributed by atoms with Gasteiger partial charge in [0.05, 0.1) is 52.9 Å². The lowest BCUT2D eigenvalue weighted by molar-refractivity contribution is -0.346. The van der Waals surface area contributed by atoms with Crippen LogP contribution in [-0.4, -0.2) is 84.8 Å². The van der Waals surface area contributed by atoms with Gasteiger partial charge in [0.15, 0.2) is 12.6 Å². The van der Waals surface area contributed by atoms with Crippen molar-refractivity contribution in [2.24, 2.45) is 0 Å². The van der Waals surface area contributed by atoms with Gasteiger partial charge in [0.25, 0.3) is 0 Å². The van der Waals surface area contributed by atoms with E-state index in [1.807, 2.05) is 182 Å². The number of rotatable bonds is 22. The maximum absolute atomic E-state index is 12.0. The fraction of sp³-hybridized carbons (Fsp3) is 0.333. The average Bonchev–Trinajstić information content (AvgIpc) is 3.36. The lowest BCUT2D eigenvalue weighted by Crippen LogP contribution is -2.63. The van der Waals surface area contributed by atoms with E-state index < -0.39 is 61.4 Å². The second-order valence-corrected chi connectivity index (χ2v) is 16.2. The molecule has 0 aromatic heterocycles. The number of ether oxygens (including phenoxy) is 9. The van der Waals surface area contributed by atoms with Gasteiger partial charge < -0.3 is 52.8 Å². The first kappa shape index (κ1) is 46.4. The van der Waals surface area contributed by atoms with E-state index in [1.165, 1.54) is 0 Å². The van der Waals surface area contributed by atoms with Crippen LogP contribution in [0.5, 0.6) is 0 Å². The Morgan fingerprint density at radius 1 is 0.323 bits per heavy atom. The van der Waals surface area contributed by atoms with Crippen molar-refractivity contribution >= 4 is 0 Å². The predicted octanol–water partition coefficient (Wildman–Crippen LogP) is 7.95. The molecule has 11 heteroatoms. The molecule has 0 spiro atoms. The molecule has 6 aromatic carbocycles. The summed E-state index contributed by atoms with van der Waals surface area (Å²) in [6.45, 7) is 1.30. The molecule has 2 saturated heterocycles. The van der Waals surface area contributed by atoms with Crippen LogP contribution in [0.1, 0.15) is 33.4 Å². The first-order valence-electron chi connectivity index (χ1n) is 22.3. The van der Waals surface area contributed by atoms with Crippen LogP contribution in [0.15, 0.2) is 182 Å². The zero-order valence-electron chi connectivity index (χ0n) is 36.3. The van der Waals surface area contributed by atoms with E-state index in [-0.39, 0.29) is 46.2 Å². The highest BCUT2D eigenvalue weighted by Gasteiger charge is 2.51. The largest absolute Gasteiger partial charge is 0.387 e. The van der Waals surface area contributed by atoms with E-state index in [2.05, 4.69) is 0 Å². The molecule has 0 aliphatic carbocycles. The molecule has 2 aliphatic heterocycles. The minimum Gasteiger partial charge on any atom is -0.387 e. The van der Waals surface area contributed by atoms with Gasteiger partial charge in [-0.25, -0.2) is 0 Å². The van der Waals surface area contributed by atoms with Crippen LogP contribution in [-0.2, 0) is 82.3 Å². The summed E-state index contributed by atoms with van der Waals surface area (Å²) >= 11 is 0. The Morgan fingerprint density at radius 3 is 1.11 bits per heavy atom. The van der Waals surface area contributed by atoms with Gasteiger partial charge in [-0.2, -0.15) is 0 Å². The smallest absolute Gasteiger partial charge is 0.187 e. The molecule has 10 atom stereocenters. The summed E-state index contributed by atoms with van der Waals surface area (Å²) < 4.78 is 59.0. The fourth-order valence-electron chi connectivity index (χ4n) is 8.02. The molecule has 8 rings (SSSR count). The van der Waals surface area contributed by atoms with E-state index >= 15 is 0 Å². The quantitative estimate of drug-likeness (QED) is 0.0691. The van der Waals surface area contributed by atoms with Crippen molar-refractivity contribution in [2.45, 2.75) is 101 Å². The molecule has 340 valence electrons. The molecule has 2 heterocycles. The Bertz CT molecular complexity index is 2210. The van der Waals surface area contributed by atoms with Crippen LogP contribution in [0.3, 0.4) is 0 Å². The second kappa shape index (κ2) is 24.4. The normalized spacial score (nSPS) is 25.6. The molecule has 2 fully saturated rings. The van der Waals surface area contributed by atoms with E-state index in [0.29, 0.717) is 6.61 Å². The maximum atomic E-state index is 12.0. The van der Waals surface area contributed by atoms with E-state index in [0.717, 1.165) is 33.4 Å². The fourth-order valence-corrected chi connectivity index (χ4v) is 8.02. The summed E-state index contributed by atoms with van der Waals surface area (Å²) in [5.41, 5.74) is 5.64. The standard InChI is InChI=1S/C54H58O11/c55-47-45(37-57-31-39-19-7-1-8-20-39)65-54(52(62-36-44-29-17-6-18-30-44)49(47)59-33-41-23-11-3-12-24-41)63-38-46-48(58-32-40-21-9-2-10-22-40)50(60-34-42-25-13-4-14-26-42)51(53(56)64-46)61-35-43-27-15-5-16-28-43/h1-30,45-56H,31-38H2/t45-,46-,47-,48-,49+,50+,51+,52-,53+,54-/m1/s1. The van der Waals surface area contributed by atoms with E-state index in [1.54, 1.807) is 0 Å². The first-order chi connectivity index (χ1) is 32.1. The van der Waals surface area contributed by atoms with Crippen molar-refractivity contribution in [3.63, 3.8) is 0 Å². The number of aliphatic hydroxyl groups excluding tert-OH is 2. The Morgan fingerprint density at radius 2 is 0.677 bits per heavy atom. The summed E-state index contributed by atoms with van der Waals surface area (Å²) in [5, 5.41) is 23.8. The zero-order valence-corrected chi connectivity index (χ0v) is 36.3. The molecule has 0 radical (unpaired) electrons. The van der Waals surface area contributed by atoms with Crippen molar-refractivity contribution in [3.8, 4) is 0 Å². The van der Waals surface area contributed by atoms with Crippen LogP contribution in [0, 0.1) is 0 Å². The van der Waals surface area contributed by atoms with Crippen molar-refractivity contribution in [1.82, 2.24) is 0 Å². The molecule has 0 bridgehead atoms. The molecular weight excluding hydrogens is 825 g/mol. The lowest BCUT2D eigenvalue weighted by Gasteiger charge is -2.46. The lowest BCUT2D eigenvalue weighted by atomic mass is 9.97. The van der Waals surface area contributed by atoms with Gasteiger partial charge in [0.2, 0.25) is 0 Å². The Labute approximate surface area is 381 Å². The summed E-state index contributed by atoms with van der Waals surface area (Å²) in [6, 6.07) is 58.7. The third-order valence-corrected chi connectivity index (χ3v) is 11.5. The van der Waals surface area contributed by atoms with Crippen molar-refractivity contribution in [1.29, 1.82) is 0 Å². The van der Waals surface area contributed by atoms with E-state index in [4.69, 9.17) is 42.6 Å². The van der Waals surface area contributed by atoms with Gasteiger partial charge in [-0.3, -0.25) is 0 Å². The molecule has 0 amide bonds. The van der Waals surface area contributed by atoms with Crippen LogP contribution in [0.4, 0.5) is 0 Å². The molecule has 11 nitrogen and oxygen atoms in total. The molecule has 0 saturated carbocycles. The summed E-state index contributed by atoms with van der Waals surface area (Å²) in [4.78, 5) is 0. The third kappa shape index (κ3) is 13.5. The highest BCUT2D eigenvalue weighted by atomic mass is 16.7. The maximum Gasteiger partial charge on any atom is 0.187 e. The van der Waals surface area contributed by atoms with Crippen LogP contribution in [0.25, 0.3) is 0 Å². The van der Waals surface area contributed by atoms with Gasteiger partial charge in [0, 0.05) is 0 Å². The molecule has 6 aromatic rings. The van der Waals surface area contributed by atoms with Gasteiger partial charge >= 0.3 is 0 Å². The molecule has 0 unspecified atom stereocenters. The van der Waals surface area contributed by atoms with Gasteiger partial charge in [-0.05, 0) is 33.4 Å². The van der Waals surface area contributed by atoms with Gasteiger partial charge in [0.1, 0.15) is 48.8 Å². The minimum atomic E-state index is -1.41. The van der Waals surface area contributed by atoms with Gasteiger partial charge in [-0.1, -0.05) is 182 Å². The Kier molecular flexibility index (Phi) is 17.4. The second-order valence-electron chi connectivity index (χ2n) is 16.2. The van der Waals surface area contributed by atoms with Gasteiger partial charge in [-0.15, -0.1) is 0 Å². The molecule has 2 N–H and O–H groups in total. The summed E-state index contributed by atoms with van der Waals surface area (Å²) in [5.74, 6) is 0. The Hall–Kier alpha value is -5.12. The van der Waals surface area contributed by atoms with Crippen molar-refractivity contribution in [3.05, 3.63) is 215 Å². The average molecular weight is 883 g/mol. The van der Waals surface area contributed by atoms with Crippen LogP contribution < -0.4 is 0 Å². The Balaban J connectivity index is 1.07. The summed E-state index contributed by atoms with van der Waals surface area (Å²) in [6.07, 6.45) is -9.73. The molecule has 65 heavy (non-hydrogen) atoms. The highest BCUT2D eigenvalue weighted by molar-refractivity contribution is 5.18. The summed E-state index contributed by atoms with van der Waals surface area (Å²) in [7, 11) is 0. The molecule has 2 aliphatic rings. The number of hydrogen-bond acceptors (Lipinski definition) is 11. The predicted molar refractivity (Wildman–Crippen MR) is 243 cm³/mol. The topological polar surface area (TPSA) is 124 Å². The number of aliphatic hydroxyl groups is 2.